The second-order valence-electron chi connectivity index (χ2n) is 5.02. The highest BCUT2D eigenvalue weighted by molar-refractivity contribution is 9.09. The summed E-state index contributed by atoms with van der Waals surface area (Å²) in [6, 6.07) is 8.28. The Labute approximate surface area is 137 Å². The molecule has 1 heterocycles. The molecule has 0 bridgehead atoms. The molecular weight excluding hydrogens is 354 g/mol. The summed E-state index contributed by atoms with van der Waals surface area (Å²) in [4.78, 5) is 24.8. The first kappa shape index (κ1) is 16.8. The summed E-state index contributed by atoms with van der Waals surface area (Å²) in [5.74, 6) is -1.06. The van der Waals surface area contributed by atoms with Crippen molar-refractivity contribution in [1.82, 2.24) is 4.90 Å². The summed E-state index contributed by atoms with van der Waals surface area (Å²) < 4.78 is 10.5. The third-order valence-electron chi connectivity index (χ3n) is 3.58. The van der Waals surface area contributed by atoms with Gasteiger partial charge in [-0.1, -0.05) is 46.3 Å². The maximum Gasteiger partial charge on any atom is 0.412 e. The van der Waals surface area contributed by atoms with E-state index in [9.17, 15) is 14.7 Å². The van der Waals surface area contributed by atoms with Gasteiger partial charge in [0.15, 0.2) is 0 Å². The van der Waals surface area contributed by atoms with Gasteiger partial charge in [0.2, 0.25) is 0 Å². The Balaban J connectivity index is 2.09. The van der Waals surface area contributed by atoms with Gasteiger partial charge >= 0.3 is 12.1 Å². The van der Waals surface area contributed by atoms with Crippen molar-refractivity contribution in [2.45, 2.75) is 36.5 Å². The average Bonchev–Trinajstić information content (AvgIpc) is 2.52. The van der Waals surface area contributed by atoms with Crippen molar-refractivity contribution in [2.75, 3.05) is 7.11 Å². The van der Waals surface area contributed by atoms with Gasteiger partial charge in [-0.3, -0.25) is 4.90 Å². The summed E-state index contributed by atoms with van der Waals surface area (Å²) in [7, 11) is 1.45. The zero-order valence-electron chi connectivity index (χ0n) is 12.1. The van der Waals surface area contributed by atoms with Gasteiger partial charge in [-0.25, -0.2) is 9.59 Å². The van der Waals surface area contributed by atoms with Crippen molar-refractivity contribution in [3.8, 4) is 0 Å². The first-order chi connectivity index (χ1) is 10.5. The van der Waals surface area contributed by atoms with Crippen LogP contribution < -0.4 is 0 Å². The third kappa shape index (κ3) is 3.78. The maximum absolute atomic E-state index is 12.3. The second-order valence-corrected chi connectivity index (χ2v) is 6.20. The van der Waals surface area contributed by atoms with Gasteiger partial charge in [-0.05, 0) is 18.4 Å². The van der Waals surface area contributed by atoms with E-state index in [4.69, 9.17) is 9.47 Å². The van der Waals surface area contributed by atoms with Crippen molar-refractivity contribution in [1.29, 1.82) is 0 Å². The number of methoxy groups -OCH3 is 1. The Morgan fingerprint density at radius 3 is 2.59 bits per heavy atom. The van der Waals surface area contributed by atoms with Crippen LogP contribution in [-0.2, 0) is 20.9 Å². The van der Waals surface area contributed by atoms with Crippen LogP contribution in [0.1, 0.15) is 18.4 Å². The van der Waals surface area contributed by atoms with E-state index in [1.807, 2.05) is 30.3 Å². The number of carboxylic acid groups (broad SMARTS) is 1. The molecule has 1 aromatic rings. The molecule has 0 saturated carbocycles. The number of alkyl halides is 1. The van der Waals surface area contributed by atoms with E-state index in [0.29, 0.717) is 12.8 Å². The Morgan fingerprint density at radius 2 is 2.00 bits per heavy atom. The van der Waals surface area contributed by atoms with Crippen LogP contribution >= 0.6 is 15.9 Å². The van der Waals surface area contributed by atoms with Crippen LogP contribution in [0.4, 0.5) is 4.79 Å². The van der Waals surface area contributed by atoms with Crippen molar-refractivity contribution >= 4 is 28.0 Å². The highest BCUT2D eigenvalue weighted by Gasteiger charge is 2.43. The minimum atomic E-state index is -1.06. The molecule has 1 N–H and O–H groups in total. The average molecular weight is 372 g/mol. The largest absolute Gasteiger partial charge is 0.480 e. The molecule has 0 spiro atoms. The Hall–Kier alpha value is -1.60. The number of rotatable bonds is 4. The lowest BCUT2D eigenvalue weighted by Gasteiger charge is -2.40. The van der Waals surface area contributed by atoms with Gasteiger partial charge in [0.05, 0.1) is 4.83 Å². The topological polar surface area (TPSA) is 76.1 Å². The number of carbonyl (C=O) groups is 2. The molecule has 1 saturated heterocycles. The van der Waals surface area contributed by atoms with Crippen LogP contribution in [0.5, 0.6) is 0 Å². The number of hydrogen-bond donors (Lipinski definition) is 1. The molecule has 0 aliphatic carbocycles. The number of likely N-dealkylation sites (tertiary alicyclic amines) is 1. The number of hydrogen-bond acceptors (Lipinski definition) is 4. The summed E-state index contributed by atoms with van der Waals surface area (Å²) in [6.45, 7) is 0.0892. The van der Waals surface area contributed by atoms with Crippen molar-refractivity contribution in [3.63, 3.8) is 0 Å². The fourth-order valence-electron chi connectivity index (χ4n) is 2.48. The minimum Gasteiger partial charge on any atom is -0.480 e. The number of carboxylic acids is 1. The molecular formula is C15H18BrNO5. The van der Waals surface area contributed by atoms with Crippen LogP contribution in [0.25, 0.3) is 0 Å². The molecule has 3 unspecified atom stereocenters. The lowest BCUT2D eigenvalue weighted by molar-refractivity contribution is -0.151. The standard InChI is InChI=1S/C15H18BrNO5/c1-21-13-11(16)7-8-12(14(18)19)17(13)15(20)22-9-10-5-3-2-4-6-10/h2-6,11-13H,7-9H2,1H3,(H,18,19). The van der Waals surface area contributed by atoms with Gasteiger partial charge in [0.1, 0.15) is 18.9 Å². The molecule has 1 amide bonds. The number of halogens is 1. The third-order valence-corrected chi connectivity index (χ3v) is 4.49. The first-order valence-electron chi connectivity index (χ1n) is 6.93. The van der Waals surface area contributed by atoms with E-state index in [2.05, 4.69) is 15.9 Å². The van der Waals surface area contributed by atoms with E-state index in [-0.39, 0.29) is 11.4 Å². The first-order valence-corrected chi connectivity index (χ1v) is 7.85. The van der Waals surface area contributed by atoms with Gasteiger partial charge in [-0.2, -0.15) is 0 Å². The SMILES string of the molecule is COC1C(Br)CCC(C(=O)O)N1C(=O)OCc1ccccc1. The lowest BCUT2D eigenvalue weighted by Crippen LogP contribution is -2.58. The smallest absolute Gasteiger partial charge is 0.412 e. The summed E-state index contributed by atoms with van der Waals surface area (Å²) >= 11 is 3.43. The molecule has 22 heavy (non-hydrogen) atoms. The minimum absolute atomic E-state index is 0.0892. The highest BCUT2D eigenvalue weighted by Crippen LogP contribution is 2.29. The van der Waals surface area contributed by atoms with Gasteiger partial charge in [-0.15, -0.1) is 0 Å². The van der Waals surface area contributed by atoms with Gasteiger partial charge in [0.25, 0.3) is 0 Å². The van der Waals surface area contributed by atoms with E-state index < -0.39 is 24.3 Å². The summed E-state index contributed by atoms with van der Waals surface area (Å²) in [5.41, 5.74) is 0.837. The van der Waals surface area contributed by atoms with Crippen LogP contribution in [0.2, 0.25) is 0 Å². The number of benzene rings is 1. The molecule has 2 rings (SSSR count). The molecule has 6 nitrogen and oxygen atoms in total. The summed E-state index contributed by atoms with van der Waals surface area (Å²) in [5, 5.41) is 9.32. The lowest BCUT2D eigenvalue weighted by atomic mass is 10.0. The Morgan fingerprint density at radius 1 is 1.32 bits per heavy atom. The zero-order chi connectivity index (χ0) is 16.1. The number of piperidine rings is 1. The molecule has 1 fully saturated rings. The number of amides is 1. The number of nitrogens with zero attached hydrogens (tertiary/aromatic N) is 1. The molecule has 0 aromatic heterocycles. The number of aliphatic carboxylic acids is 1. The van der Waals surface area contributed by atoms with E-state index in [1.165, 1.54) is 7.11 Å². The molecule has 120 valence electrons. The molecule has 3 atom stereocenters. The van der Waals surface area contributed by atoms with Crippen LogP contribution in [0, 0.1) is 0 Å². The van der Waals surface area contributed by atoms with Crippen LogP contribution in [-0.4, -0.2) is 46.3 Å². The van der Waals surface area contributed by atoms with Gasteiger partial charge < -0.3 is 14.6 Å². The van der Waals surface area contributed by atoms with Gasteiger partial charge in [0, 0.05) is 7.11 Å². The Kier molecular flexibility index (Phi) is 5.79. The summed E-state index contributed by atoms with van der Waals surface area (Å²) in [6.07, 6.45) is -0.394. The predicted molar refractivity (Wildman–Crippen MR) is 82.6 cm³/mol. The van der Waals surface area contributed by atoms with E-state index in [1.54, 1.807) is 0 Å². The number of ether oxygens (including phenoxy) is 2. The number of carbonyl (C=O) groups excluding carboxylic acids is 1. The second kappa shape index (κ2) is 7.60. The predicted octanol–water partition coefficient (Wildman–Crippen LogP) is 2.61. The molecule has 1 aliphatic rings. The normalized spacial score (nSPS) is 24.8. The fraction of sp³-hybridized carbons (Fsp3) is 0.467. The molecule has 1 aliphatic heterocycles. The van der Waals surface area contributed by atoms with E-state index in [0.717, 1.165) is 10.5 Å². The van der Waals surface area contributed by atoms with Crippen LogP contribution in [0.3, 0.4) is 0 Å². The maximum atomic E-state index is 12.3. The molecule has 1 aromatic carbocycles. The highest BCUT2D eigenvalue weighted by atomic mass is 79.9. The molecule has 0 radical (unpaired) electrons. The zero-order valence-corrected chi connectivity index (χ0v) is 13.7. The van der Waals surface area contributed by atoms with Crippen molar-refractivity contribution in [3.05, 3.63) is 35.9 Å². The van der Waals surface area contributed by atoms with Crippen LogP contribution in [0.15, 0.2) is 30.3 Å². The molecule has 7 heteroatoms. The quantitative estimate of drug-likeness (QED) is 0.823. The monoisotopic (exact) mass is 371 g/mol. The Bertz CT molecular complexity index is 524. The van der Waals surface area contributed by atoms with Crippen molar-refractivity contribution < 1.29 is 24.2 Å². The van der Waals surface area contributed by atoms with E-state index >= 15 is 0 Å². The van der Waals surface area contributed by atoms with Crippen molar-refractivity contribution in [2.24, 2.45) is 0 Å². The fourth-order valence-corrected chi connectivity index (χ4v) is 3.21.